The summed E-state index contributed by atoms with van der Waals surface area (Å²) < 4.78 is 205. The van der Waals surface area contributed by atoms with Gasteiger partial charge in [0.15, 0.2) is 51.5 Å². The molecule has 3 fully saturated rings. The maximum Gasteiger partial charge on any atom is 0.380 e. The number of hydrogen-bond acceptors (Lipinski definition) is 27. The van der Waals surface area contributed by atoms with E-state index in [0.717, 1.165) is 13.7 Å². The Morgan fingerprint density at radius 2 is 0.676 bits per heavy atom. The van der Waals surface area contributed by atoms with Crippen LogP contribution in [0.5, 0.6) is 17.2 Å². The van der Waals surface area contributed by atoms with Crippen LogP contribution in [0.2, 0.25) is 0 Å². The molecule has 0 spiro atoms. The number of para-hydroxylation sites is 3. The molecule has 39 heteroatoms. The van der Waals surface area contributed by atoms with Crippen molar-refractivity contribution in [2.75, 3.05) is 38.2 Å². The third-order valence-corrected chi connectivity index (χ3v) is 22.0. The summed E-state index contributed by atoms with van der Waals surface area (Å²) in [5.74, 6) is -4.98. The van der Waals surface area contributed by atoms with Gasteiger partial charge in [-0.05, 0) is 135 Å². The minimum atomic E-state index is -4.49. The highest BCUT2D eigenvalue weighted by molar-refractivity contribution is 7.71. The molecule has 9 rings (SSSR count). The molecule has 0 radical (unpaired) electrons. The second-order valence-corrected chi connectivity index (χ2v) is 33.0. The maximum atomic E-state index is 15.2. The van der Waals surface area contributed by atoms with Crippen LogP contribution in [-0.4, -0.2) is 173 Å². The molecule has 0 amide bonds. The molecule has 108 heavy (non-hydrogen) atoms. The fourth-order valence-corrected chi connectivity index (χ4v) is 16.0. The molecular formula is C69H90F3N6O24P3S3. The zero-order valence-electron chi connectivity index (χ0n) is 66.4. The highest BCUT2D eigenvalue weighted by Gasteiger charge is 2.50. The monoisotopic (exact) mass is 1640 g/mol. The van der Waals surface area contributed by atoms with E-state index in [1.807, 2.05) is 0 Å². The lowest BCUT2D eigenvalue weighted by Crippen LogP contribution is -2.32. The van der Waals surface area contributed by atoms with Gasteiger partial charge in [-0.1, -0.05) is 75.4 Å². The Morgan fingerprint density at radius 1 is 0.454 bits per heavy atom. The lowest BCUT2D eigenvalue weighted by atomic mass is 10.1. The first-order valence-corrected chi connectivity index (χ1v) is 39.9. The molecule has 6 N–H and O–H groups in total. The van der Waals surface area contributed by atoms with Gasteiger partial charge >= 0.3 is 40.7 Å². The largest absolute Gasteiger partial charge is 0.463 e. The van der Waals surface area contributed by atoms with Gasteiger partial charge in [-0.15, -0.1) is 0 Å². The Labute approximate surface area is 643 Å². The number of carbonyl (C=O) groups is 3. The molecule has 3 aliphatic heterocycles. The summed E-state index contributed by atoms with van der Waals surface area (Å²) >= 11 is 15.2. The molecule has 594 valence electrons. The molecule has 3 aliphatic rings. The Kier molecular flexibility index (Phi) is 28.7. The first kappa shape index (κ1) is 79.0. The molecule has 0 aliphatic carbocycles. The van der Waals surface area contributed by atoms with Crippen LogP contribution in [0, 0.1) is 52.8 Å². The number of alkyl halides is 3. The molecule has 0 saturated carbocycles. The smallest absolute Gasteiger partial charge is 0.380 e. The Morgan fingerprint density at radius 3 is 0.889 bits per heavy atom. The van der Waals surface area contributed by atoms with Crippen LogP contribution >= 0.6 is 59.4 Å². The van der Waals surface area contributed by atoms with Crippen molar-refractivity contribution in [3.8, 4) is 17.2 Å². The van der Waals surface area contributed by atoms with Crippen LogP contribution in [0.15, 0.2) is 124 Å². The number of benzene rings is 3. The third-order valence-electron chi connectivity index (χ3n) is 15.5. The normalized spacial score (nSPS) is 25.5. The van der Waals surface area contributed by atoms with E-state index >= 15 is 13.2 Å². The van der Waals surface area contributed by atoms with Gasteiger partial charge in [0.1, 0.15) is 53.9 Å². The average molecular weight is 1640 g/mol. The summed E-state index contributed by atoms with van der Waals surface area (Å²) in [4.78, 5) is 79.6. The number of aryl methyl sites for hydroxylation is 3. The lowest BCUT2D eigenvalue weighted by molar-refractivity contribution is -0.152. The van der Waals surface area contributed by atoms with Crippen molar-refractivity contribution in [2.24, 2.45) is 17.8 Å². The molecule has 3 saturated heterocycles. The number of rotatable bonds is 30. The van der Waals surface area contributed by atoms with Gasteiger partial charge in [-0.2, -0.15) is 0 Å². The molecule has 4 unspecified atom stereocenters. The van der Waals surface area contributed by atoms with Crippen molar-refractivity contribution in [3.05, 3.63) is 172 Å². The van der Waals surface area contributed by atoms with E-state index < -0.39 is 205 Å². The van der Waals surface area contributed by atoms with E-state index in [1.165, 1.54) is 96.5 Å². The van der Waals surface area contributed by atoms with Gasteiger partial charge in [0.05, 0.1) is 82.5 Å². The third kappa shape index (κ3) is 24.4. The summed E-state index contributed by atoms with van der Waals surface area (Å²) in [6, 6.07) is 23.3. The number of aliphatic hydroxyl groups excluding tert-OH is 3. The van der Waals surface area contributed by atoms with Gasteiger partial charge in [0.2, 0.25) is 0 Å². The summed E-state index contributed by atoms with van der Waals surface area (Å²) in [6.07, 6.45) is -23.0. The Balaban J connectivity index is 0.000000237. The Bertz CT molecular complexity index is 4400. The Hall–Kier alpha value is -7.11. The van der Waals surface area contributed by atoms with Crippen LogP contribution in [0.4, 0.5) is 13.2 Å². The summed E-state index contributed by atoms with van der Waals surface area (Å²) in [5.41, 5.74) is -0.975. The number of halogens is 3. The minimum absolute atomic E-state index is 0.0696. The lowest BCUT2D eigenvalue weighted by Gasteiger charge is -2.24. The number of H-pyrrole nitrogens is 3. The summed E-state index contributed by atoms with van der Waals surface area (Å²) in [7, 11) is -13.5. The molecular weight excluding hydrogens is 1540 g/mol. The number of esters is 3. The van der Waals surface area contributed by atoms with Crippen molar-refractivity contribution >= 4 is 77.3 Å². The van der Waals surface area contributed by atoms with E-state index in [0.29, 0.717) is 0 Å². The van der Waals surface area contributed by atoms with Gasteiger partial charge in [-0.3, -0.25) is 71.0 Å². The average Bonchev–Trinajstić information content (AvgIpc) is 1.69. The van der Waals surface area contributed by atoms with Gasteiger partial charge in [0.25, 0.3) is 16.7 Å². The molecule has 18 atom stereocenters. The van der Waals surface area contributed by atoms with Gasteiger partial charge in [-0.25, -0.2) is 26.9 Å². The fourth-order valence-electron chi connectivity index (χ4n) is 10.1. The predicted molar refractivity (Wildman–Crippen MR) is 394 cm³/mol. The van der Waals surface area contributed by atoms with Crippen LogP contribution in [0.3, 0.4) is 0 Å². The zero-order chi connectivity index (χ0) is 85.2. The van der Waals surface area contributed by atoms with Crippen molar-refractivity contribution in [1.29, 1.82) is 0 Å². The standard InChI is InChI=1S/3C23H30FN2O8PS/c3*1-13(2)32-22(29)15(4)12-35(30,34-16-8-6-5-7-9-16)31-11-17-19(27)18(24)21(33-17)26-10-14(3)20(28)25-23(26)36/h3*5-10,13,15,17-19,21,27H,11-12H2,1-4H3,(H,25,28,36)/t15-,17+,18-,19?,21+,35?;15-,17+,18-,19?,21+,35+;15-,17+,18-,19?,21+,35-/m111/s1/i3*11D2. The number of nitrogens with one attached hydrogen (secondary N) is 3. The minimum Gasteiger partial charge on any atom is -0.463 e. The highest BCUT2D eigenvalue weighted by atomic mass is 32.1. The first-order valence-electron chi connectivity index (χ1n) is 36.5. The zero-order valence-corrected chi connectivity index (χ0v) is 65.5. The predicted octanol–water partition coefficient (Wildman–Crippen LogP) is 11.1. The van der Waals surface area contributed by atoms with Crippen LogP contribution in [0.1, 0.15) is 106 Å². The van der Waals surface area contributed by atoms with E-state index in [9.17, 15) is 57.8 Å². The quantitative estimate of drug-likeness (QED) is 0.0106. The van der Waals surface area contributed by atoms with Crippen molar-refractivity contribution in [1.82, 2.24) is 28.7 Å². The number of hydrogen-bond donors (Lipinski definition) is 6. The summed E-state index contributed by atoms with van der Waals surface area (Å²) in [5, 5.41) is 31.7. The van der Waals surface area contributed by atoms with Crippen LogP contribution in [0.25, 0.3) is 0 Å². The van der Waals surface area contributed by atoms with E-state index in [4.69, 9.17) is 100 Å². The maximum absolute atomic E-state index is 15.2. The topological polar surface area (TPSA) is 387 Å². The van der Waals surface area contributed by atoms with Crippen molar-refractivity contribution in [3.63, 3.8) is 0 Å². The molecule has 6 aromatic rings. The van der Waals surface area contributed by atoms with E-state index in [1.54, 1.807) is 96.1 Å². The van der Waals surface area contributed by atoms with Crippen LogP contribution < -0.4 is 30.2 Å². The SMILES string of the molecule is [2H]C([2H])(OP(=O)(C[C@@H](C)C(=O)OC(C)C)Oc1ccccc1)[C@@H]1O[C@H](n2cc(C)c(=O)[nH]c2=S)[C@H](F)C1O.[2H]C([2H])(O[P@@](=O)(C[C@@H](C)C(=O)OC(C)C)Oc1ccccc1)[C@@H]1O[C@H](n2cc(C)c(=O)[nH]c2=S)[C@H](F)C1O.[2H]C([2H])(O[P@](=O)(C[C@@H](C)C(=O)OC(C)C)Oc1ccccc1)[C@@H]1O[C@H](n2cc(C)c(=O)[nH]c2=S)[C@H](F)C1O. The first-order chi connectivity index (χ1) is 52.9. The van der Waals surface area contributed by atoms with E-state index in [2.05, 4.69) is 15.0 Å². The number of nitrogens with zero attached hydrogens (tertiary/aromatic N) is 3. The molecule has 0 bridgehead atoms. The molecule has 6 heterocycles. The molecule has 3 aromatic carbocycles. The number of aromatic nitrogens is 6. The number of ether oxygens (including phenoxy) is 6. The van der Waals surface area contributed by atoms with Crippen molar-refractivity contribution in [2.45, 2.75) is 175 Å². The molecule has 30 nitrogen and oxygen atoms in total. The number of aromatic amines is 3. The summed E-state index contributed by atoms with van der Waals surface area (Å²) in [6.45, 7) is 9.23. The fraction of sp³-hybridized carbons (Fsp3) is 0.522. The van der Waals surface area contributed by atoms with Gasteiger partial charge < -0.3 is 57.3 Å². The van der Waals surface area contributed by atoms with E-state index in [-0.39, 0.29) is 48.3 Å². The van der Waals surface area contributed by atoms with Crippen LogP contribution in [-0.2, 0) is 70.1 Å². The van der Waals surface area contributed by atoms with Crippen molar-refractivity contribution < 1.29 is 120 Å². The second-order valence-electron chi connectivity index (χ2n) is 26.0. The number of aliphatic hydroxyl groups is 3. The number of carbonyl (C=O) groups excluding carboxylic acids is 3. The highest BCUT2D eigenvalue weighted by Crippen LogP contribution is 2.54. The van der Waals surface area contributed by atoms with Gasteiger partial charge in [0, 0.05) is 35.3 Å². The second kappa shape index (κ2) is 39.2. The molecule has 3 aromatic heterocycles.